The molecule has 1 N–H and O–H groups in total. The first-order chi connectivity index (χ1) is 15.2. The highest BCUT2D eigenvalue weighted by atomic mass is 19.4. The maximum Gasteiger partial charge on any atom is 0.416 e. The first-order valence-electron chi connectivity index (χ1n) is 10.4. The van der Waals surface area contributed by atoms with E-state index < -0.39 is 34.9 Å². The van der Waals surface area contributed by atoms with Gasteiger partial charge in [-0.3, -0.25) is 4.98 Å². The summed E-state index contributed by atoms with van der Waals surface area (Å²) in [5.41, 5.74) is -0.162. The number of rotatable bonds is 5. The summed E-state index contributed by atoms with van der Waals surface area (Å²) >= 11 is 0. The second-order valence-corrected chi connectivity index (χ2v) is 8.28. The number of fused-ring (bicyclic) bond motifs is 1. The summed E-state index contributed by atoms with van der Waals surface area (Å²) in [6.07, 6.45) is -2.52. The zero-order chi connectivity index (χ0) is 22.9. The van der Waals surface area contributed by atoms with Crippen LogP contribution in [0.3, 0.4) is 0 Å². The van der Waals surface area contributed by atoms with Gasteiger partial charge in [-0.25, -0.2) is 8.78 Å². The number of alkyl halides is 3. The molecule has 0 saturated carbocycles. The third-order valence-electron chi connectivity index (χ3n) is 6.14. The molecule has 0 aliphatic carbocycles. The standard InChI is InChI=1S/C24H23F5N2O/c1-15(21-12-18(24(27,28)29)9-16-3-2-6-31-22(16)21)32-14-23(4-7-30-8-5-23)17-10-19(25)13-20(26)11-17/h2-3,6,9-13,15,30H,4-5,7-8,14H2,1H3. The molecular formula is C24H23F5N2O. The molecule has 2 aromatic carbocycles. The minimum Gasteiger partial charge on any atom is -0.373 e. The summed E-state index contributed by atoms with van der Waals surface area (Å²) < 4.78 is 74.3. The van der Waals surface area contributed by atoms with Gasteiger partial charge in [-0.2, -0.15) is 13.2 Å². The average molecular weight is 450 g/mol. The molecule has 0 amide bonds. The van der Waals surface area contributed by atoms with E-state index in [1.54, 1.807) is 19.1 Å². The highest BCUT2D eigenvalue weighted by molar-refractivity contribution is 5.83. The number of hydrogen-bond donors (Lipinski definition) is 1. The van der Waals surface area contributed by atoms with E-state index in [9.17, 15) is 22.0 Å². The van der Waals surface area contributed by atoms with Crippen LogP contribution < -0.4 is 5.32 Å². The fraction of sp³-hybridized carbons (Fsp3) is 0.375. The monoisotopic (exact) mass is 450 g/mol. The van der Waals surface area contributed by atoms with Gasteiger partial charge in [0, 0.05) is 28.6 Å². The zero-order valence-corrected chi connectivity index (χ0v) is 17.5. The molecule has 1 atom stereocenters. The van der Waals surface area contributed by atoms with Crippen molar-refractivity contribution in [3.63, 3.8) is 0 Å². The largest absolute Gasteiger partial charge is 0.416 e. The van der Waals surface area contributed by atoms with Gasteiger partial charge in [-0.1, -0.05) is 6.07 Å². The fourth-order valence-corrected chi connectivity index (χ4v) is 4.35. The van der Waals surface area contributed by atoms with Crippen LogP contribution in [0.4, 0.5) is 22.0 Å². The van der Waals surface area contributed by atoms with E-state index in [2.05, 4.69) is 10.3 Å². The van der Waals surface area contributed by atoms with Crippen molar-refractivity contribution < 1.29 is 26.7 Å². The van der Waals surface area contributed by atoms with Gasteiger partial charge in [-0.05, 0) is 68.8 Å². The van der Waals surface area contributed by atoms with E-state index >= 15 is 0 Å². The second-order valence-electron chi connectivity index (χ2n) is 8.28. The molecule has 3 nitrogen and oxygen atoms in total. The summed E-state index contributed by atoms with van der Waals surface area (Å²) in [5.74, 6) is -1.34. The Morgan fingerprint density at radius 2 is 1.75 bits per heavy atom. The van der Waals surface area contributed by atoms with E-state index in [-0.39, 0.29) is 6.61 Å². The molecule has 1 aliphatic heterocycles. The van der Waals surface area contributed by atoms with E-state index in [0.717, 1.165) is 18.2 Å². The van der Waals surface area contributed by atoms with Crippen molar-refractivity contribution >= 4 is 10.9 Å². The lowest BCUT2D eigenvalue weighted by atomic mass is 9.73. The molecule has 1 unspecified atom stereocenters. The first-order valence-corrected chi connectivity index (χ1v) is 10.4. The number of aromatic nitrogens is 1. The van der Waals surface area contributed by atoms with Gasteiger partial charge in [0.2, 0.25) is 0 Å². The minimum atomic E-state index is -4.51. The molecule has 32 heavy (non-hydrogen) atoms. The van der Waals surface area contributed by atoms with E-state index in [1.807, 2.05) is 0 Å². The Morgan fingerprint density at radius 3 is 2.41 bits per heavy atom. The quantitative estimate of drug-likeness (QED) is 0.489. The van der Waals surface area contributed by atoms with Crippen LogP contribution in [0.5, 0.6) is 0 Å². The highest BCUT2D eigenvalue weighted by Gasteiger charge is 2.36. The summed E-state index contributed by atoms with van der Waals surface area (Å²) in [7, 11) is 0. The topological polar surface area (TPSA) is 34.1 Å². The van der Waals surface area contributed by atoms with Gasteiger partial charge in [-0.15, -0.1) is 0 Å². The molecule has 0 bridgehead atoms. The molecule has 1 aromatic heterocycles. The number of benzene rings is 2. The van der Waals surface area contributed by atoms with Gasteiger partial charge in [0.15, 0.2) is 0 Å². The van der Waals surface area contributed by atoms with E-state index in [1.165, 1.54) is 18.3 Å². The van der Waals surface area contributed by atoms with Gasteiger partial charge >= 0.3 is 6.18 Å². The molecular weight excluding hydrogens is 427 g/mol. The molecule has 3 aromatic rings. The Hall–Kier alpha value is -2.58. The number of nitrogens with zero attached hydrogens (tertiary/aromatic N) is 1. The third kappa shape index (κ3) is 4.61. The number of hydrogen-bond acceptors (Lipinski definition) is 3. The van der Waals surface area contributed by atoms with Crippen molar-refractivity contribution in [3.05, 3.63) is 77.0 Å². The lowest BCUT2D eigenvalue weighted by molar-refractivity contribution is -0.137. The van der Waals surface area contributed by atoms with Crippen LogP contribution in [-0.2, 0) is 16.3 Å². The highest BCUT2D eigenvalue weighted by Crippen LogP contribution is 2.38. The average Bonchev–Trinajstić information content (AvgIpc) is 2.76. The van der Waals surface area contributed by atoms with Crippen LogP contribution in [-0.4, -0.2) is 24.7 Å². The van der Waals surface area contributed by atoms with Crippen LogP contribution in [0.25, 0.3) is 10.9 Å². The summed E-state index contributed by atoms with van der Waals surface area (Å²) in [6, 6.07) is 8.74. The molecule has 2 heterocycles. The van der Waals surface area contributed by atoms with E-state index in [4.69, 9.17) is 4.74 Å². The number of piperidine rings is 1. The SMILES string of the molecule is CC(OCC1(c2cc(F)cc(F)c2)CCNCC1)c1cc(C(F)(F)F)cc2cccnc12. The van der Waals surface area contributed by atoms with Crippen LogP contribution in [0.1, 0.15) is 42.6 Å². The normalized spacial score (nSPS) is 17.4. The molecule has 170 valence electrons. The van der Waals surface area contributed by atoms with Crippen LogP contribution in [0.15, 0.2) is 48.7 Å². The zero-order valence-electron chi connectivity index (χ0n) is 17.5. The Morgan fingerprint density at radius 1 is 1.06 bits per heavy atom. The Balaban J connectivity index is 1.67. The second kappa shape index (κ2) is 8.75. The number of halogens is 5. The number of ether oxygens (including phenoxy) is 1. The van der Waals surface area contributed by atoms with Crippen LogP contribution in [0.2, 0.25) is 0 Å². The summed E-state index contributed by atoms with van der Waals surface area (Å²) in [5, 5.41) is 3.60. The van der Waals surface area contributed by atoms with Crippen LogP contribution in [0, 0.1) is 11.6 Å². The summed E-state index contributed by atoms with van der Waals surface area (Å²) in [4.78, 5) is 4.26. The van der Waals surface area contributed by atoms with Crippen molar-refractivity contribution in [1.82, 2.24) is 10.3 Å². The maximum absolute atomic E-state index is 13.9. The molecule has 1 saturated heterocycles. The van der Waals surface area contributed by atoms with Crippen molar-refractivity contribution in [3.8, 4) is 0 Å². The smallest absolute Gasteiger partial charge is 0.373 e. The Kier molecular flexibility index (Phi) is 6.18. The van der Waals surface area contributed by atoms with Crippen LogP contribution >= 0.6 is 0 Å². The minimum absolute atomic E-state index is 0.114. The molecule has 8 heteroatoms. The molecule has 4 rings (SSSR count). The van der Waals surface area contributed by atoms with Crippen molar-refractivity contribution in [2.45, 2.75) is 37.5 Å². The Bertz CT molecular complexity index is 1090. The van der Waals surface area contributed by atoms with Crippen molar-refractivity contribution in [2.75, 3.05) is 19.7 Å². The predicted molar refractivity (Wildman–Crippen MR) is 111 cm³/mol. The maximum atomic E-state index is 13.9. The lowest BCUT2D eigenvalue weighted by Crippen LogP contribution is -2.43. The number of pyridine rings is 1. The third-order valence-corrected chi connectivity index (χ3v) is 6.14. The lowest BCUT2D eigenvalue weighted by Gasteiger charge is -2.39. The predicted octanol–water partition coefficient (Wildman–Crippen LogP) is 5.93. The van der Waals surface area contributed by atoms with Crippen molar-refractivity contribution in [1.29, 1.82) is 0 Å². The first kappa shape index (κ1) is 22.6. The summed E-state index contributed by atoms with van der Waals surface area (Å²) in [6.45, 7) is 3.07. The Labute approximate surface area is 182 Å². The van der Waals surface area contributed by atoms with Gasteiger partial charge in [0.25, 0.3) is 0 Å². The number of nitrogens with one attached hydrogen (secondary N) is 1. The van der Waals surface area contributed by atoms with Crippen molar-refractivity contribution in [2.24, 2.45) is 0 Å². The fourth-order valence-electron chi connectivity index (χ4n) is 4.35. The molecule has 0 radical (unpaired) electrons. The van der Waals surface area contributed by atoms with Gasteiger partial charge < -0.3 is 10.1 Å². The molecule has 1 fully saturated rings. The van der Waals surface area contributed by atoms with Gasteiger partial charge in [0.05, 0.1) is 23.8 Å². The molecule has 1 aliphatic rings. The van der Waals surface area contributed by atoms with Gasteiger partial charge in [0.1, 0.15) is 11.6 Å². The van der Waals surface area contributed by atoms with E-state index in [0.29, 0.717) is 48.0 Å². The molecule has 0 spiro atoms.